The molecule has 0 aromatic heterocycles. The topological polar surface area (TPSA) is 71.4 Å². The number of benzene rings is 1. The molecule has 1 N–H and O–H groups in total. The van der Waals surface area contributed by atoms with Crippen LogP contribution in [0.5, 0.6) is 0 Å². The van der Waals surface area contributed by atoms with Crippen molar-refractivity contribution < 1.29 is 19.5 Å². The maximum atomic E-state index is 11.8. The number of carbonyl (C=O) groups excluding carboxylic acids is 2. The molecule has 0 aliphatic heterocycles. The first-order valence-corrected chi connectivity index (χ1v) is 5.45. The summed E-state index contributed by atoms with van der Waals surface area (Å²) in [5.74, 6) is -2.10. The molecule has 3 rings (SSSR count). The number of carboxylic acid groups (broad SMARTS) is 1. The lowest BCUT2D eigenvalue weighted by atomic mass is 9.94. The average Bonchev–Trinajstić information content (AvgIpc) is 2.73. The first kappa shape index (κ1) is 10.7. The van der Waals surface area contributed by atoms with E-state index < -0.39 is 17.5 Å². The summed E-state index contributed by atoms with van der Waals surface area (Å²) < 4.78 is 0. The zero-order chi connectivity index (χ0) is 12.9. The van der Waals surface area contributed by atoms with Gasteiger partial charge in [0.15, 0.2) is 0 Å². The third-order valence-electron chi connectivity index (χ3n) is 3.24. The molecule has 1 aromatic carbocycles. The summed E-state index contributed by atoms with van der Waals surface area (Å²) in [5.41, 5.74) is 2.51. The number of allylic oxidation sites excluding steroid dienone is 4. The zero-order valence-corrected chi connectivity index (χ0v) is 9.27. The van der Waals surface area contributed by atoms with E-state index in [1.807, 2.05) is 0 Å². The predicted molar refractivity (Wildman–Crippen MR) is 63.2 cm³/mol. The molecule has 4 nitrogen and oxygen atoms in total. The van der Waals surface area contributed by atoms with Crippen molar-refractivity contribution in [3.05, 3.63) is 52.6 Å². The first-order valence-electron chi connectivity index (χ1n) is 5.45. The molecular formula is C14H8O4. The first-order chi connectivity index (χ1) is 8.59. The van der Waals surface area contributed by atoms with E-state index in [1.54, 1.807) is 12.1 Å². The molecule has 2 aliphatic carbocycles. The second-order valence-electron chi connectivity index (χ2n) is 4.24. The van der Waals surface area contributed by atoms with E-state index in [0.717, 1.165) is 5.56 Å². The molecule has 0 amide bonds. The molecule has 0 bridgehead atoms. The number of Topliss-reactive ketones (excluding diaryl/α,β-unsaturated/α-hetero) is 1. The van der Waals surface area contributed by atoms with Crippen molar-refractivity contribution in [1.29, 1.82) is 0 Å². The number of hydrogen-bond donors (Lipinski definition) is 1. The van der Waals surface area contributed by atoms with Crippen molar-refractivity contribution in [1.82, 2.24) is 0 Å². The van der Waals surface area contributed by atoms with Crippen LogP contribution in [0.1, 0.15) is 21.5 Å². The molecule has 2 aliphatic rings. The van der Waals surface area contributed by atoms with Gasteiger partial charge in [-0.1, -0.05) is 12.1 Å². The third-order valence-corrected chi connectivity index (χ3v) is 3.24. The van der Waals surface area contributed by atoms with E-state index in [9.17, 15) is 14.4 Å². The molecular weight excluding hydrogens is 232 g/mol. The molecule has 0 spiro atoms. The summed E-state index contributed by atoms with van der Waals surface area (Å²) in [5, 5.41) is 9.16. The van der Waals surface area contributed by atoms with E-state index in [1.165, 1.54) is 18.2 Å². The minimum absolute atomic E-state index is 0.171. The normalized spacial score (nSPS) is 16.9. The fourth-order valence-electron chi connectivity index (χ4n) is 2.45. The van der Waals surface area contributed by atoms with Crippen LogP contribution in [0.25, 0.3) is 5.57 Å². The Morgan fingerprint density at radius 3 is 2.67 bits per heavy atom. The SMILES string of the molecule is O=C1C=CC2=C(Cc3cccc(C(=O)O)c32)C1=O. The highest BCUT2D eigenvalue weighted by molar-refractivity contribution is 6.50. The van der Waals surface area contributed by atoms with E-state index in [2.05, 4.69) is 0 Å². The van der Waals surface area contributed by atoms with Gasteiger partial charge in [-0.3, -0.25) is 9.59 Å². The Morgan fingerprint density at radius 1 is 1.17 bits per heavy atom. The largest absolute Gasteiger partial charge is 0.478 e. The number of ketones is 2. The van der Waals surface area contributed by atoms with E-state index >= 15 is 0 Å². The molecule has 1 aromatic rings. The average molecular weight is 240 g/mol. The number of carboxylic acids is 1. The van der Waals surface area contributed by atoms with Gasteiger partial charge in [0.25, 0.3) is 0 Å². The summed E-state index contributed by atoms with van der Waals surface area (Å²) in [7, 11) is 0. The fourth-order valence-corrected chi connectivity index (χ4v) is 2.45. The molecule has 4 heteroatoms. The standard InChI is InChI=1S/C14H8O4/c15-11-5-4-8-10(13(11)16)6-7-2-1-3-9(12(7)8)14(17)18/h1-5H,6H2,(H,17,18). The number of rotatable bonds is 1. The van der Waals surface area contributed by atoms with Gasteiger partial charge in [-0.2, -0.15) is 0 Å². The third kappa shape index (κ3) is 1.29. The van der Waals surface area contributed by atoms with Crippen LogP contribution < -0.4 is 0 Å². The van der Waals surface area contributed by atoms with E-state index in [-0.39, 0.29) is 5.56 Å². The highest BCUT2D eigenvalue weighted by Crippen LogP contribution is 2.38. The molecule has 0 atom stereocenters. The molecule has 0 saturated heterocycles. The Balaban J connectivity index is 2.26. The van der Waals surface area contributed by atoms with Crippen molar-refractivity contribution >= 4 is 23.1 Å². The maximum Gasteiger partial charge on any atom is 0.336 e. The highest BCUT2D eigenvalue weighted by Gasteiger charge is 2.32. The fraction of sp³-hybridized carbons (Fsp3) is 0.0714. The van der Waals surface area contributed by atoms with Crippen LogP contribution in [0, 0.1) is 0 Å². The summed E-state index contributed by atoms with van der Waals surface area (Å²) in [6.45, 7) is 0. The lowest BCUT2D eigenvalue weighted by Gasteiger charge is -2.08. The maximum absolute atomic E-state index is 11.8. The summed E-state index contributed by atoms with van der Waals surface area (Å²) in [6, 6.07) is 4.94. The van der Waals surface area contributed by atoms with E-state index in [4.69, 9.17) is 5.11 Å². The quantitative estimate of drug-likeness (QED) is 0.595. The van der Waals surface area contributed by atoms with Crippen LogP contribution in [0.2, 0.25) is 0 Å². The predicted octanol–water partition coefficient (Wildman–Crippen LogP) is 1.40. The van der Waals surface area contributed by atoms with Crippen LogP contribution in [-0.4, -0.2) is 22.6 Å². The highest BCUT2D eigenvalue weighted by atomic mass is 16.4. The molecule has 0 fully saturated rings. The van der Waals surface area contributed by atoms with Gasteiger partial charge in [0.1, 0.15) is 0 Å². The van der Waals surface area contributed by atoms with Gasteiger partial charge in [0, 0.05) is 17.6 Å². The number of carbonyl (C=O) groups is 3. The zero-order valence-electron chi connectivity index (χ0n) is 9.27. The number of aromatic carboxylic acids is 1. The van der Waals surface area contributed by atoms with Crippen LogP contribution in [0.15, 0.2) is 35.9 Å². The Bertz CT molecular complexity index is 677. The molecule has 0 unspecified atom stereocenters. The van der Waals surface area contributed by atoms with E-state index in [0.29, 0.717) is 23.1 Å². The van der Waals surface area contributed by atoms with Crippen molar-refractivity contribution in [3.63, 3.8) is 0 Å². The minimum atomic E-state index is -1.03. The van der Waals surface area contributed by atoms with Crippen LogP contribution in [0.3, 0.4) is 0 Å². The van der Waals surface area contributed by atoms with Gasteiger partial charge in [-0.15, -0.1) is 0 Å². The molecule has 0 heterocycles. The molecule has 18 heavy (non-hydrogen) atoms. The molecule has 0 saturated carbocycles. The van der Waals surface area contributed by atoms with Gasteiger partial charge in [-0.05, 0) is 29.4 Å². The number of hydrogen-bond acceptors (Lipinski definition) is 3. The van der Waals surface area contributed by atoms with Gasteiger partial charge in [0.05, 0.1) is 5.56 Å². The van der Waals surface area contributed by atoms with Crippen LogP contribution >= 0.6 is 0 Å². The number of fused-ring (bicyclic) bond motifs is 2. The van der Waals surface area contributed by atoms with Crippen molar-refractivity contribution in [3.8, 4) is 0 Å². The smallest absolute Gasteiger partial charge is 0.336 e. The monoisotopic (exact) mass is 240 g/mol. The minimum Gasteiger partial charge on any atom is -0.478 e. The van der Waals surface area contributed by atoms with Crippen molar-refractivity contribution in [2.24, 2.45) is 0 Å². The summed E-state index contributed by atoms with van der Waals surface area (Å²) >= 11 is 0. The van der Waals surface area contributed by atoms with Crippen LogP contribution in [0.4, 0.5) is 0 Å². The lowest BCUT2D eigenvalue weighted by Crippen LogP contribution is -2.17. The second kappa shape index (κ2) is 3.50. The van der Waals surface area contributed by atoms with Gasteiger partial charge < -0.3 is 5.11 Å². The summed E-state index contributed by atoms with van der Waals surface area (Å²) in [6.07, 6.45) is 3.08. The van der Waals surface area contributed by atoms with Gasteiger partial charge in [0.2, 0.25) is 11.6 Å². The summed E-state index contributed by atoms with van der Waals surface area (Å²) in [4.78, 5) is 34.3. The van der Waals surface area contributed by atoms with Gasteiger partial charge in [-0.25, -0.2) is 4.79 Å². The van der Waals surface area contributed by atoms with Crippen molar-refractivity contribution in [2.45, 2.75) is 6.42 Å². The molecule has 88 valence electrons. The Hall–Kier alpha value is -2.49. The second-order valence-corrected chi connectivity index (χ2v) is 4.24. The van der Waals surface area contributed by atoms with Gasteiger partial charge >= 0.3 is 5.97 Å². The lowest BCUT2D eigenvalue weighted by molar-refractivity contribution is -0.131. The Kier molecular flexibility index (Phi) is 2.07. The Morgan fingerprint density at radius 2 is 1.94 bits per heavy atom. The molecule has 0 radical (unpaired) electrons. The Labute approximate surface area is 102 Å². The van der Waals surface area contributed by atoms with Crippen LogP contribution in [-0.2, 0) is 16.0 Å². The van der Waals surface area contributed by atoms with Crippen molar-refractivity contribution in [2.75, 3.05) is 0 Å².